The molecular formula is C69H121NO18. The Bertz CT molecular complexity index is 1880. The molecule has 0 aromatic rings. The molecule has 0 saturated carbocycles. The third kappa shape index (κ3) is 32.7. The lowest BCUT2D eigenvalue weighted by atomic mass is 9.96. The molecule has 3 saturated heterocycles. The van der Waals surface area contributed by atoms with Gasteiger partial charge in [0.05, 0.1) is 38.6 Å². The van der Waals surface area contributed by atoms with E-state index in [1.54, 1.807) is 6.08 Å². The predicted octanol–water partition coefficient (Wildman–Crippen LogP) is 8.55. The van der Waals surface area contributed by atoms with Gasteiger partial charge in [-0.1, -0.05) is 209 Å². The summed E-state index contributed by atoms with van der Waals surface area (Å²) in [7, 11) is 0. The molecule has 0 aliphatic carbocycles. The van der Waals surface area contributed by atoms with E-state index in [2.05, 4.69) is 79.9 Å². The highest BCUT2D eigenvalue weighted by molar-refractivity contribution is 5.76. The Morgan fingerprint density at radius 1 is 0.409 bits per heavy atom. The normalized spacial score (nSPS) is 28.9. The van der Waals surface area contributed by atoms with Gasteiger partial charge in [-0.3, -0.25) is 4.79 Å². The minimum atomic E-state index is -1.99. The molecule has 0 bridgehead atoms. The molecule has 510 valence electrons. The van der Waals surface area contributed by atoms with Gasteiger partial charge in [-0.15, -0.1) is 0 Å². The van der Waals surface area contributed by atoms with Crippen LogP contribution in [0.2, 0.25) is 0 Å². The highest BCUT2D eigenvalue weighted by Crippen LogP contribution is 2.33. The third-order valence-corrected chi connectivity index (χ3v) is 16.7. The van der Waals surface area contributed by atoms with Crippen LogP contribution >= 0.6 is 0 Å². The quantitative estimate of drug-likeness (QED) is 0.0200. The summed E-state index contributed by atoms with van der Waals surface area (Å²) in [4.78, 5) is 13.4. The number of carbonyl (C=O) groups is 1. The molecule has 1 amide bonds. The molecule has 3 aliphatic rings. The van der Waals surface area contributed by atoms with Crippen molar-refractivity contribution in [3.05, 3.63) is 72.9 Å². The predicted molar refractivity (Wildman–Crippen MR) is 341 cm³/mol. The molecule has 0 spiro atoms. The number of carbonyl (C=O) groups excluding carboxylic acids is 1. The first-order chi connectivity index (χ1) is 42.8. The number of nitrogens with one attached hydrogen (secondary N) is 1. The van der Waals surface area contributed by atoms with Crippen molar-refractivity contribution < 1.29 is 89.4 Å². The topological polar surface area (TPSA) is 307 Å². The summed E-state index contributed by atoms with van der Waals surface area (Å²) >= 11 is 0. The average Bonchev–Trinajstić information content (AvgIpc) is 3.72. The molecule has 0 aromatic heterocycles. The van der Waals surface area contributed by atoms with Crippen LogP contribution < -0.4 is 5.32 Å². The van der Waals surface area contributed by atoms with Gasteiger partial charge in [0, 0.05) is 6.42 Å². The molecule has 17 atom stereocenters. The van der Waals surface area contributed by atoms with Crippen molar-refractivity contribution in [2.45, 2.75) is 330 Å². The summed E-state index contributed by atoms with van der Waals surface area (Å²) in [6.07, 6.45) is 35.9. The summed E-state index contributed by atoms with van der Waals surface area (Å²) in [5.41, 5.74) is 0. The minimum Gasteiger partial charge on any atom is -0.394 e. The van der Waals surface area contributed by atoms with Gasteiger partial charge in [-0.05, 0) is 83.5 Å². The lowest BCUT2D eigenvalue weighted by Crippen LogP contribution is -2.66. The third-order valence-electron chi connectivity index (χ3n) is 16.7. The molecule has 0 radical (unpaired) electrons. The van der Waals surface area contributed by atoms with Crippen LogP contribution in [0.5, 0.6) is 0 Å². The summed E-state index contributed by atoms with van der Waals surface area (Å²) in [6.45, 7) is 1.68. The lowest BCUT2D eigenvalue weighted by molar-refractivity contribution is -0.379. The van der Waals surface area contributed by atoms with Crippen molar-refractivity contribution in [1.82, 2.24) is 5.32 Å². The van der Waals surface area contributed by atoms with Crippen LogP contribution in [0.1, 0.15) is 226 Å². The Hall–Kier alpha value is -2.77. The van der Waals surface area contributed by atoms with E-state index in [1.165, 1.54) is 116 Å². The van der Waals surface area contributed by atoms with Gasteiger partial charge in [0.2, 0.25) is 5.91 Å². The standard InChI is InChI=1S/C69H121NO18/c1-3-5-7-9-11-13-15-17-19-21-23-25-27-28-30-32-34-36-38-40-42-44-46-53(74)52(70-57(75)47-45-43-41-39-37-35-33-31-29-26-24-22-20-18-16-14-12-10-8-6-4-2)51-83-67-63(81)60(78)65(55(49-72)85-67)88-69-64(82)61(79)66(56(50-73)86-69)87-68-62(80)59(77)58(76)54(48-71)84-68/h16,18,22,24,28-31,36,38,44,46,52-56,58-69,71-74,76-82H,3-15,17,19-21,23,25-27,32-35,37,39-43,45,47-51H2,1-2H3,(H,70,75)/b18-16-,24-22-,30-28+,31-29-,38-36+,46-44+. The van der Waals surface area contributed by atoms with E-state index in [9.17, 15) is 61.0 Å². The second-order valence-electron chi connectivity index (χ2n) is 24.3. The molecule has 88 heavy (non-hydrogen) atoms. The fourth-order valence-electron chi connectivity index (χ4n) is 11.1. The van der Waals surface area contributed by atoms with Crippen molar-refractivity contribution in [3.8, 4) is 0 Å². The van der Waals surface area contributed by atoms with Crippen LogP contribution in [-0.4, -0.2) is 193 Å². The van der Waals surface area contributed by atoms with Crippen molar-refractivity contribution in [2.75, 3.05) is 26.4 Å². The number of allylic oxidation sites excluding steroid dienone is 11. The van der Waals surface area contributed by atoms with Gasteiger partial charge >= 0.3 is 0 Å². The highest BCUT2D eigenvalue weighted by atomic mass is 16.8. The smallest absolute Gasteiger partial charge is 0.220 e. The summed E-state index contributed by atoms with van der Waals surface area (Å²) in [5.74, 6) is -0.304. The van der Waals surface area contributed by atoms with E-state index in [0.717, 1.165) is 77.0 Å². The molecule has 12 N–H and O–H groups in total. The number of rotatable bonds is 51. The van der Waals surface area contributed by atoms with Crippen molar-refractivity contribution in [2.24, 2.45) is 0 Å². The highest BCUT2D eigenvalue weighted by Gasteiger charge is 2.53. The fraction of sp³-hybridized carbons (Fsp3) is 0.812. The van der Waals surface area contributed by atoms with Crippen molar-refractivity contribution in [1.29, 1.82) is 0 Å². The van der Waals surface area contributed by atoms with E-state index in [0.29, 0.717) is 12.8 Å². The monoisotopic (exact) mass is 1250 g/mol. The molecule has 17 unspecified atom stereocenters. The zero-order valence-corrected chi connectivity index (χ0v) is 53.7. The molecule has 19 nitrogen and oxygen atoms in total. The maximum Gasteiger partial charge on any atom is 0.220 e. The number of amides is 1. The zero-order chi connectivity index (χ0) is 64.0. The van der Waals surface area contributed by atoms with Gasteiger partial charge < -0.3 is 89.9 Å². The summed E-state index contributed by atoms with van der Waals surface area (Å²) in [6, 6.07) is -1.01. The SMILES string of the molecule is CCCCCCC/C=C\C/C=C\C/C=C\CCCCCCCCC(=O)NC(COC1OC(CO)C(OC2OC(CO)C(OC3OC(CO)C(O)C(O)C3O)C(O)C2O)C(O)C1O)C(O)/C=C/CC/C=C/CC/C=C/CCCCCCCCCCCCCC. The lowest BCUT2D eigenvalue weighted by Gasteiger charge is -2.48. The summed E-state index contributed by atoms with van der Waals surface area (Å²) < 4.78 is 34.3. The number of unbranched alkanes of at least 4 members (excludes halogenated alkanes) is 25. The Labute approximate surface area is 528 Å². The molecule has 3 fully saturated rings. The Morgan fingerprint density at radius 3 is 1.22 bits per heavy atom. The first-order valence-corrected chi connectivity index (χ1v) is 34.2. The molecule has 0 aromatic carbocycles. The zero-order valence-electron chi connectivity index (χ0n) is 53.7. The molecule has 19 heteroatoms. The van der Waals surface area contributed by atoms with E-state index in [4.69, 9.17) is 28.4 Å². The van der Waals surface area contributed by atoms with Gasteiger partial charge in [0.25, 0.3) is 0 Å². The van der Waals surface area contributed by atoms with E-state index in [1.807, 2.05) is 6.08 Å². The van der Waals surface area contributed by atoms with Crippen molar-refractivity contribution >= 4 is 5.91 Å². The summed E-state index contributed by atoms with van der Waals surface area (Å²) in [5, 5.41) is 120. The Kier molecular flexibility index (Phi) is 45.8. The number of hydrogen-bond acceptors (Lipinski definition) is 18. The minimum absolute atomic E-state index is 0.214. The second-order valence-corrected chi connectivity index (χ2v) is 24.3. The van der Waals surface area contributed by atoms with E-state index in [-0.39, 0.29) is 18.9 Å². The second kappa shape index (κ2) is 50.7. The Balaban J connectivity index is 1.48. The molecular weight excluding hydrogens is 1130 g/mol. The fourth-order valence-corrected chi connectivity index (χ4v) is 11.1. The number of aliphatic hydroxyl groups is 11. The van der Waals surface area contributed by atoms with Gasteiger partial charge in [0.1, 0.15) is 73.2 Å². The molecule has 3 rings (SSSR count). The van der Waals surface area contributed by atoms with Crippen LogP contribution in [0.4, 0.5) is 0 Å². The first kappa shape index (κ1) is 79.5. The largest absolute Gasteiger partial charge is 0.394 e. The maximum absolute atomic E-state index is 13.4. The van der Waals surface area contributed by atoms with Gasteiger partial charge in [0.15, 0.2) is 18.9 Å². The van der Waals surface area contributed by atoms with Crippen LogP contribution in [-0.2, 0) is 33.2 Å². The molecule has 3 aliphatic heterocycles. The van der Waals surface area contributed by atoms with Crippen LogP contribution in [0, 0.1) is 0 Å². The first-order valence-electron chi connectivity index (χ1n) is 34.2. The van der Waals surface area contributed by atoms with Gasteiger partial charge in [-0.2, -0.15) is 0 Å². The average molecular weight is 1250 g/mol. The van der Waals surface area contributed by atoms with Crippen LogP contribution in [0.15, 0.2) is 72.9 Å². The molecule has 3 heterocycles. The van der Waals surface area contributed by atoms with E-state index < -0.39 is 124 Å². The van der Waals surface area contributed by atoms with E-state index >= 15 is 0 Å². The number of hydrogen-bond donors (Lipinski definition) is 12. The van der Waals surface area contributed by atoms with Crippen LogP contribution in [0.3, 0.4) is 0 Å². The number of aliphatic hydroxyl groups excluding tert-OH is 11. The van der Waals surface area contributed by atoms with Crippen molar-refractivity contribution in [3.63, 3.8) is 0 Å². The number of ether oxygens (including phenoxy) is 6. The maximum atomic E-state index is 13.4. The Morgan fingerprint density at radius 2 is 0.761 bits per heavy atom. The van der Waals surface area contributed by atoms with Gasteiger partial charge in [-0.25, -0.2) is 0 Å². The van der Waals surface area contributed by atoms with Crippen LogP contribution in [0.25, 0.3) is 0 Å².